The summed E-state index contributed by atoms with van der Waals surface area (Å²) in [7, 11) is 0. The lowest BCUT2D eigenvalue weighted by atomic mass is 10.2. The molecule has 1 aromatic carbocycles. The molecule has 4 heteroatoms. The Morgan fingerprint density at radius 3 is 2.47 bits per heavy atom. The highest BCUT2D eigenvalue weighted by atomic mass is 35.5. The van der Waals surface area contributed by atoms with E-state index in [1.165, 1.54) is 17.7 Å². The number of quaternary nitrogens is 1. The van der Waals surface area contributed by atoms with Gasteiger partial charge in [0.25, 0.3) is 5.91 Å². The third-order valence-corrected chi connectivity index (χ3v) is 3.62. The van der Waals surface area contributed by atoms with Crippen LogP contribution in [0.15, 0.2) is 24.3 Å². The normalized spacial score (nSPS) is 18.0. The van der Waals surface area contributed by atoms with E-state index in [4.69, 9.17) is 11.6 Å². The fraction of sp³-hybridized carbons (Fsp3) is 0.462. The van der Waals surface area contributed by atoms with Gasteiger partial charge in [0, 0.05) is 23.6 Å². The Balaban J connectivity index is 1.93. The summed E-state index contributed by atoms with van der Waals surface area (Å²) in [4.78, 5) is 13.4. The van der Waals surface area contributed by atoms with E-state index in [0.29, 0.717) is 5.02 Å². The maximum atomic E-state index is 12.0. The summed E-state index contributed by atoms with van der Waals surface area (Å²) in [6, 6.07) is 7.24. The Morgan fingerprint density at radius 2 is 1.88 bits per heavy atom. The first kappa shape index (κ1) is 12.4. The smallest absolute Gasteiger partial charge is 0.282 e. The van der Waals surface area contributed by atoms with Crippen LogP contribution in [0.25, 0.3) is 0 Å². The number of rotatable bonds is 3. The first-order chi connectivity index (χ1) is 8.16. The maximum Gasteiger partial charge on any atom is 0.282 e. The van der Waals surface area contributed by atoms with E-state index in [9.17, 15) is 4.79 Å². The lowest BCUT2D eigenvalue weighted by Gasteiger charge is -2.19. The second kappa shape index (κ2) is 5.52. The lowest BCUT2D eigenvalue weighted by molar-refractivity contribution is -0.901. The Bertz CT molecular complexity index is 385. The number of halogens is 1. The van der Waals surface area contributed by atoms with Crippen molar-refractivity contribution >= 4 is 23.2 Å². The summed E-state index contributed by atoms with van der Waals surface area (Å²) in [5.74, 6) is 0.0872. The quantitative estimate of drug-likeness (QED) is 0.838. The molecule has 1 aliphatic rings. The van der Waals surface area contributed by atoms with E-state index in [2.05, 4.69) is 5.32 Å². The zero-order valence-corrected chi connectivity index (χ0v) is 10.8. The van der Waals surface area contributed by atoms with Crippen molar-refractivity contribution < 1.29 is 9.69 Å². The van der Waals surface area contributed by atoms with Crippen LogP contribution in [0.5, 0.6) is 0 Å². The van der Waals surface area contributed by atoms with Crippen LogP contribution >= 0.6 is 11.6 Å². The molecule has 1 aromatic rings. The van der Waals surface area contributed by atoms with E-state index in [-0.39, 0.29) is 11.9 Å². The standard InChI is InChI=1S/C13H17ClN2O/c1-10(16-8-2-3-9-16)13(17)15-12-6-4-11(14)5-7-12/h4-7,10H,2-3,8-9H2,1H3,(H,15,17)/p+1/t10-/m1/s1. The van der Waals surface area contributed by atoms with Gasteiger partial charge in [-0.25, -0.2) is 0 Å². The van der Waals surface area contributed by atoms with Gasteiger partial charge >= 0.3 is 0 Å². The second-order valence-electron chi connectivity index (χ2n) is 4.58. The number of carbonyl (C=O) groups excluding carboxylic acids is 1. The van der Waals surface area contributed by atoms with Crippen molar-refractivity contribution in [1.82, 2.24) is 0 Å². The summed E-state index contributed by atoms with van der Waals surface area (Å²) in [5, 5.41) is 3.61. The molecule has 17 heavy (non-hydrogen) atoms. The molecular weight excluding hydrogens is 236 g/mol. The van der Waals surface area contributed by atoms with Crippen LogP contribution in [0.1, 0.15) is 19.8 Å². The molecule has 2 N–H and O–H groups in total. The highest BCUT2D eigenvalue weighted by Gasteiger charge is 2.27. The number of nitrogens with one attached hydrogen (secondary N) is 2. The molecule has 2 rings (SSSR count). The Kier molecular flexibility index (Phi) is 4.02. The molecule has 1 amide bonds. The van der Waals surface area contributed by atoms with Crippen LogP contribution < -0.4 is 10.2 Å². The fourth-order valence-electron chi connectivity index (χ4n) is 2.23. The first-order valence-electron chi connectivity index (χ1n) is 6.08. The van der Waals surface area contributed by atoms with E-state index in [0.717, 1.165) is 18.8 Å². The number of amides is 1. The summed E-state index contributed by atoms with van der Waals surface area (Å²) >= 11 is 5.80. The Hall–Kier alpha value is -1.06. The maximum absolute atomic E-state index is 12.0. The third-order valence-electron chi connectivity index (χ3n) is 3.36. The predicted octanol–water partition coefficient (Wildman–Crippen LogP) is 1.35. The molecule has 1 fully saturated rings. The highest BCUT2D eigenvalue weighted by molar-refractivity contribution is 6.30. The molecule has 0 saturated carbocycles. The third kappa shape index (κ3) is 3.20. The molecule has 0 unspecified atom stereocenters. The van der Waals surface area contributed by atoms with E-state index >= 15 is 0 Å². The van der Waals surface area contributed by atoms with Gasteiger partial charge < -0.3 is 10.2 Å². The van der Waals surface area contributed by atoms with Gasteiger partial charge in [0.2, 0.25) is 0 Å². The minimum atomic E-state index is 0.0215. The number of anilines is 1. The van der Waals surface area contributed by atoms with Crippen molar-refractivity contribution in [3.8, 4) is 0 Å². The SMILES string of the molecule is C[C@H](C(=O)Nc1ccc(Cl)cc1)[NH+]1CCCC1. The number of hydrogen-bond donors (Lipinski definition) is 2. The molecule has 92 valence electrons. The van der Waals surface area contributed by atoms with E-state index < -0.39 is 0 Å². The summed E-state index contributed by atoms with van der Waals surface area (Å²) in [6.07, 6.45) is 2.46. The zero-order valence-electron chi connectivity index (χ0n) is 10.0. The molecule has 1 heterocycles. The summed E-state index contributed by atoms with van der Waals surface area (Å²) in [6.45, 7) is 4.20. The molecule has 1 saturated heterocycles. The van der Waals surface area contributed by atoms with Crippen LogP contribution in [0.4, 0.5) is 5.69 Å². The van der Waals surface area contributed by atoms with Crippen molar-refractivity contribution in [2.75, 3.05) is 18.4 Å². The van der Waals surface area contributed by atoms with Crippen LogP contribution in [0, 0.1) is 0 Å². The van der Waals surface area contributed by atoms with Gasteiger partial charge in [-0.05, 0) is 31.2 Å². The molecule has 0 spiro atoms. The van der Waals surface area contributed by atoms with Crippen molar-refractivity contribution in [3.63, 3.8) is 0 Å². The average Bonchev–Trinajstić information content (AvgIpc) is 2.84. The number of hydrogen-bond acceptors (Lipinski definition) is 1. The molecule has 0 aliphatic carbocycles. The molecular formula is C13H18ClN2O+. The highest BCUT2D eigenvalue weighted by Crippen LogP contribution is 2.13. The number of carbonyl (C=O) groups is 1. The average molecular weight is 254 g/mol. The Labute approximate surface area is 107 Å². The van der Waals surface area contributed by atoms with Gasteiger partial charge in [-0.1, -0.05) is 11.6 Å². The minimum absolute atomic E-state index is 0.0215. The zero-order chi connectivity index (χ0) is 12.3. The summed E-state index contributed by atoms with van der Waals surface area (Å²) in [5.41, 5.74) is 0.810. The second-order valence-corrected chi connectivity index (χ2v) is 5.02. The first-order valence-corrected chi connectivity index (χ1v) is 6.45. The molecule has 3 nitrogen and oxygen atoms in total. The van der Waals surface area contributed by atoms with Gasteiger partial charge in [0.15, 0.2) is 6.04 Å². The fourth-order valence-corrected chi connectivity index (χ4v) is 2.36. The molecule has 1 atom stereocenters. The van der Waals surface area contributed by atoms with Gasteiger partial charge in [-0.3, -0.25) is 4.79 Å². The molecule has 0 bridgehead atoms. The largest absolute Gasteiger partial charge is 0.325 e. The number of likely N-dealkylation sites (tertiary alicyclic amines) is 1. The molecule has 1 aliphatic heterocycles. The van der Waals surface area contributed by atoms with Gasteiger partial charge in [-0.2, -0.15) is 0 Å². The van der Waals surface area contributed by atoms with Crippen LogP contribution in [0.2, 0.25) is 5.02 Å². The van der Waals surface area contributed by atoms with Gasteiger partial charge in [0.1, 0.15) is 0 Å². The minimum Gasteiger partial charge on any atom is -0.325 e. The topological polar surface area (TPSA) is 33.5 Å². The van der Waals surface area contributed by atoms with Crippen LogP contribution in [-0.2, 0) is 4.79 Å². The molecule has 0 radical (unpaired) electrons. The van der Waals surface area contributed by atoms with Gasteiger partial charge in [0.05, 0.1) is 13.1 Å². The van der Waals surface area contributed by atoms with Crippen molar-refractivity contribution in [2.24, 2.45) is 0 Å². The number of benzene rings is 1. The van der Waals surface area contributed by atoms with Gasteiger partial charge in [-0.15, -0.1) is 0 Å². The monoisotopic (exact) mass is 253 g/mol. The summed E-state index contributed by atoms with van der Waals surface area (Å²) < 4.78 is 0. The molecule has 0 aromatic heterocycles. The van der Waals surface area contributed by atoms with Crippen LogP contribution in [-0.4, -0.2) is 25.0 Å². The Morgan fingerprint density at radius 1 is 1.29 bits per heavy atom. The van der Waals surface area contributed by atoms with Crippen molar-refractivity contribution in [1.29, 1.82) is 0 Å². The predicted molar refractivity (Wildman–Crippen MR) is 69.5 cm³/mol. The van der Waals surface area contributed by atoms with Crippen molar-refractivity contribution in [2.45, 2.75) is 25.8 Å². The van der Waals surface area contributed by atoms with Crippen LogP contribution in [0.3, 0.4) is 0 Å². The lowest BCUT2D eigenvalue weighted by Crippen LogP contribution is -3.14. The van der Waals surface area contributed by atoms with E-state index in [1.54, 1.807) is 12.1 Å². The van der Waals surface area contributed by atoms with E-state index in [1.807, 2.05) is 19.1 Å². The van der Waals surface area contributed by atoms with Crippen molar-refractivity contribution in [3.05, 3.63) is 29.3 Å².